The lowest BCUT2D eigenvalue weighted by molar-refractivity contribution is -0.132. The molecule has 2 rings (SSSR count). The monoisotopic (exact) mass is 267 g/mol. The van der Waals surface area contributed by atoms with Crippen LogP contribution < -0.4 is 0 Å². The molecular weight excluding hydrogens is 242 g/mol. The van der Waals surface area contributed by atoms with Crippen molar-refractivity contribution >= 4 is 12.0 Å². The number of hydrogen-bond acceptors (Lipinski definition) is 3. The lowest BCUT2D eigenvalue weighted by Crippen LogP contribution is -2.49. The molecule has 2 fully saturated rings. The van der Waals surface area contributed by atoms with Crippen LogP contribution in [0.2, 0.25) is 0 Å². The Balaban J connectivity index is 2.24. The third-order valence-corrected chi connectivity index (χ3v) is 4.36. The largest absolute Gasteiger partial charge is 0.443 e. The molecule has 1 aliphatic carbocycles. The molecule has 2 amide bonds. The molecule has 1 heterocycles. The molecule has 108 valence electrons. The van der Waals surface area contributed by atoms with E-state index in [0.717, 1.165) is 25.7 Å². The van der Waals surface area contributed by atoms with Gasteiger partial charge in [0.25, 0.3) is 0 Å². The van der Waals surface area contributed by atoms with E-state index in [9.17, 15) is 9.59 Å². The fraction of sp³-hybridized carbons (Fsp3) is 0.867. The van der Waals surface area contributed by atoms with E-state index in [1.807, 2.05) is 34.6 Å². The summed E-state index contributed by atoms with van der Waals surface area (Å²) in [6.07, 6.45) is 3.69. The van der Waals surface area contributed by atoms with Crippen molar-refractivity contribution < 1.29 is 14.3 Å². The first-order valence-corrected chi connectivity index (χ1v) is 7.21. The summed E-state index contributed by atoms with van der Waals surface area (Å²) in [7, 11) is 0. The summed E-state index contributed by atoms with van der Waals surface area (Å²) in [5.74, 6) is 0.251. The average molecular weight is 267 g/mol. The second kappa shape index (κ2) is 4.50. The molecule has 19 heavy (non-hydrogen) atoms. The number of imide groups is 1. The van der Waals surface area contributed by atoms with Crippen LogP contribution in [0.4, 0.5) is 4.79 Å². The highest BCUT2D eigenvalue weighted by Gasteiger charge is 2.56. The van der Waals surface area contributed by atoms with E-state index in [1.54, 1.807) is 0 Å². The van der Waals surface area contributed by atoms with Gasteiger partial charge in [-0.15, -0.1) is 0 Å². The number of carbonyl (C=O) groups excluding carboxylic acids is 2. The number of fused-ring (bicyclic) bond motifs is 1. The van der Waals surface area contributed by atoms with Crippen LogP contribution >= 0.6 is 0 Å². The first kappa shape index (κ1) is 14.4. The van der Waals surface area contributed by atoms with Crippen LogP contribution in [0.15, 0.2) is 0 Å². The summed E-state index contributed by atoms with van der Waals surface area (Å²) >= 11 is 0. The predicted octanol–water partition coefficient (Wildman–Crippen LogP) is 3.35. The Morgan fingerprint density at radius 1 is 1.26 bits per heavy atom. The number of ether oxygens (including phenoxy) is 1. The predicted molar refractivity (Wildman–Crippen MR) is 72.6 cm³/mol. The van der Waals surface area contributed by atoms with Crippen molar-refractivity contribution in [2.24, 2.45) is 11.8 Å². The van der Waals surface area contributed by atoms with Gasteiger partial charge in [-0.1, -0.05) is 12.8 Å². The van der Waals surface area contributed by atoms with Gasteiger partial charge in [-0.05, 0) is 53.4 Å². The molecular formula is C15H25NO3. The van der Waals surface area contributed by atoms with Gasteiger partial charge in [0, 0.05) is 5.92 Å². The molecule has 2 aliphatic rings. The standard InChI is InChI=1S/C15H25NO3/c1-14(2,3)19-13(18)16-12(17)10-8-6-7-9-11(10)15(16,4)5/h10-11H,6-9H2,1-5H3. The summed E-state index contributed by atoms with van der Waals surface area (Å²) in [6, 6.07) is 0. The molecule has 2 unspecified atom stereocenters. The van der Waals surface area contributed by atoms with Crippen LogP contribution in [0, 0.1) is 11.8 Å². The van der Waals surface area contributed by atoms with Crippen molar-refractivity contribution in [1.29, 1.82) is 0 Å². The van der Waals surface area contributed by atoms with Gasteiger partial charge in [-0.25, -0.2) is 9.69 Å². The quantitative estimate of drug-likeness (QED) is 0.676. The normalized spacial score (nSPS) is 30.2. The number of nitrogens with zero attached hydrogens (tertiary/aromatic N) is 1. The summed E-state index contributed by atoms with van der Waals surface area (Å²) in [4.78, 5) is 26.2. The zero-order valence-corrected chi connectivity index (χ0v) is 12.7. The molecule has 1 saturated carbocycles. The highest BCUT2D eigenvalue weighted by atomic mass is 16.6. The van der Waals surface area contributed by atoms with Crippen molar-refractivity contribution in [1.82, 2.24) is 4.90 Å². The van der Waals surface area contributed by atoms with Gasteiger partial charge in [-0.2, -0.15) is 0 Å². The van der Waals surface area contributed by atoms with E-state index in [0.29, 0.717) is 0 Å². The minimum atomic E-state index is -0.568. The fourth-order valence-electron chi connectivity index (χ4n) is 3.52. The van der Waals surface area contributed by atoms with Crippen molar-refractivity contribution in [3.8, 4) is 0 Å². The highest BCUT2D eigenvalue weighted by Crippen LogP contribution is 2.47. The van der Waals surface area contributed by atoms with Gasteiger partial charge in [0.05, 0.1) is 5.54 Å². The van der Waals surface area contributed by atoms with Gasteiger partial charge < -0.3 is 4.74 Å². The molecule has 4 heteroatoms. The number of amides is 2. The van der Waals surface area contributed by atoms with E-state index in [2.05, 4.69) is 0 Å². The van der Waals surface area contributed by atoms with Crippen molar-refractivity contribution in [2.75, 3.05) is 0 Å². The molecule has 1 saturated heterocycles. The molecule has 0 bridgehead atoms. The van der Waals surface area contributed by atoms with Crippen LogP contribution in [0.5, 0.6) is 0 Å². The Labute approximate surface area is 115 Å². The lowest BCUT2D eigenvalue weighted by atomic mass is 9.73. The summed E-state index contributed by atoms with van der Waals surface area (Å²) in [6.45, 7) is 9.46. The van der Waals surface area contributed by atoms with Crippen LogP contribution in [0.3, 0.4) is 0 Å². The number of rotatable bonds is 0. The van der Waals surface area contributed by atoms with Gasteiger partial charge in [0.15, 0.2) is 0 Å². The Morgan fingerprint density at radius 2 is 1.84 bits per heavy atom. The topological polar surface area (TPSA) is 46.6 Å². The van der Waals surface area contributed by atoms with Crippen molar-refractivity contribution in [3.05, 3.63) is 0 Å². The van der Waals surface area contributed by atoms with E-state index in [-0.39, 0.29) is 17.7 Å². The Kier molecular flexibility index (Phi) is 3.40. The maximum absolute atomic E-state index is 12.5. The second-order valence-corrected chi connectivity index (χ2v) is 7.31. The summed E-state index contributed by atoms with van der Waals surface area (Å²) in [5.41, 5.74) is -0.994. The SMILES string of the molecule is CC(C)(C)OC(=O)N1C(=O)C2CCCCC2C1(C)C. The minimum Gasteiger partial charge on any atom is -0.443 e. The molecule has 0 aromatic rings. The Hall–Kier alpha value is -1.06. The molecule has 0 aromatic carbocycles. The van der Waals surface area contributed by atoms with Crippen LogP contribution in [0.1, 0.15) is 60.3 Å². The number of carbonyl (C=O) groups is 2. The molecule has 1 aliphatic heterocycles. The van der Waals surface area contributed by atoms with E-state index >= 15 is 0 Å². The lowest BCUT2D eigenvalue weighted by Gasteiger charge is -2.36. The van der Waals surface area contributed by atoms with Crippen LogP contribution in [-0.2, 0) is 9.53 Å². The first-order chi connectivity index (χ1) is 8.64. The maximum atomic E-state index is 12.5. The number of hydrogen-bond donors (Lipinski definition) is 0. The average Bonchev–Trinajstić information content (AvgIpc) is 2.45. The van der Waals surface area contributed by atoms with Crippen LogP contribution in [-0.4, -0.2) is 28.0 Å². The van der Waals surface area contributed by atoms with Crippen LogP contribution in [0.25, 0.3) is 0 Å². The maximum Gasteiger partial charge on any atom is 0.417 e. The van der Waals surface area contributed by atoms with Crippen molar-refractivity contribution in [3.63, 3.8) is 0 Å². The van der Waals surface area contributed by atoms with Gasteiger partial charge in [0.2, 0.25) is 5.91 Å². The molecule has 4 nitrogen and oxygen atoms in total. The second-order valence-electron chi connectivity index (χ2n) is 7.31. The Morgan fingerprint density at radius 3 is 2.37 bits per heavy atom. The van der Waals surface area contributed by atoms with Gasteiger partial charge >= 0.3 is 6.09 Å². The van der Waals surface area contributed by atoms with E-state index < -0.39 is 17.2 Å². The molecule has 0 N–H and O–H groups in total. The minimum absolute atomic E-state index is 0.0104. The van der Waals surface area contributed by atoms with E-state index in [1.165, 1.54) is 4.90 Å². The fourth-order valence-corrected chi connectivity index (χ4v) is 3.52. The summed E-state index contributed by atoms with van der Waals surface area (Å²) in [5, 5.41) is 0. The van der Waals surface area contributed by atoms with Gasteiger partial charge in [0.1, 0.15) is 5.60 Å². The van der Waals surface area contributed by atoms with E-state index in [4.69, 9.17) is 4.74 Å². The number of likely N-dealkylation sites (tertiary alicyclic amines) is 1. The molecule has 2 atom stereocenters. The first-order valence-electron chi connectivity index (χ1n) is 7.21. The zero-order valence-electron chi connectivity index (χ0n) is 12.7. The molecule has 0 spiro atoms. The van der Waals surface area contributed by atoms with Crippen molar-refractivity contribution in [2.45, 2.75) is 71.4 Å². The highest BCUT2D eigenvalue weighted by molar-refractivity contribution is 5.96. The van der Waals surface area contributed by atoms with Gasteiger partial charge in [-0.3, -0.25) is 4.79 Å². The third kappa shape index (κ3) is 2.49. The summed E-state index contributed by atoms with van der Waals surface area (Å²) < 4.78 is 5.40. The third-order valence-electron chi connectivity index (χ3n) is 4.36. The molecule has 0 radical (unpaired) electrons. The Bertz CT molecular complexity index is 395. The molecule has 0 aromatic heterocycles. The zero-order chi connectivity index (χ0) is 14.4. The smallest absolute Gasteiger partial charge is 0.417 e.